The Morgan fingerprint density at radius 3 is 2.75 bits per heavy atom. The molecule has 1 fully saturated rings. The highest BCUT2D eigenvalue weighted by Gasteiger charge is 2.35. The molecule has 1 aliphatic carbocycles. The van der Waals surface area contributed by atoms with Crippen molar-refractivity contribution in [1.29, 1.82) is 0 Å². The average molecular weight is 293 g/mol. The van der Waals surface area contributed by atoms with E-state index in [0.717, 1.165) is 40.2 Å². The van der Waals surface area contributed by atoms with Gasteiger partial charge in [-0.2, -0.15) is 0 Å². The Kier molecular flexibility index (Phi) is 3.56. The van der Waals surface area contributed by atoms with Crippen LogP contribution in [0.4, 0.5) is 0 Å². The molecule has 0 spiro atoms. The lowest BCUT2D eigenvalue weighted by molar-refractivity contribution is 0.288. The summed E-state index contributed by atoms with van der Waals surface area (Å²) in [6, 6.07) is 3.87. The third-order valence-corrected chi connectivity index (χ3v) is 5.21. The first-order chi connectivity index (χ1) is 9.68. The zero-order chi connectivity index (χ0) is 14.2. The SMILES string of the molecule is COc1cc2sc(=O)oc2cc1C1(CN)CCCCC1. The van der Waals surface area contributed by atoms with Gasteiger partial charge in [-0.05, 0) is 18.9 Å². The third kappa shape index (κ3) is 2.15. The molecule has 1 saturated carbocycles. The minimum atomic E-state index is -0.273. The van der Waals surface area contributed by atoms with Crippen LogP contribution in [0.5, 0.6) is 5.75 Å². The maximum Gasteiger partial charge on any atom is 0.396 e. The molecule has 0 amide bonds. The second kappa shape index (κ2) is 5.22. The van der Waals surface area contributed by atoms with Crippen molar-refractivity contribution in [2.45, 2.75) is 37.5 Å². The number of rotatable bonds is 3. The fourth-order valence-corrected chi connectivity index (χ4v) is 3.97. The number of hydrogen-bond donors (Lipinski definition) is 1. The summed E-state index contributed by atoms with van der Waals surface area (Å²) in [6.07, 6.45) is 5.78. The van der Waals surface area contributed by atoms with E-state index in [2.05, 4.69) is 0 Å². The molecule has 2 N–H and O–H groups in total. The molecule has 1 aromatic heterocycles. The fourth-order valence-electron chi connectivity index (χ4n) is 3.30. The van der Waals surface area contributed by atoms with Gasteiger partial charge in [-0.1, -0.05) is 30.6 Å². The summed E-state index contributed by atoms with van der Waals surface area (Å²) in [5, 5.41) is 0. The highest BCUT2D eigenvalue weighted by atomic mass is 32.1. The van der Waals surface area contributed by atoms with Crippen molar-refractivity contribution in [3.05, 3.63) is 27.4 Å². The first-order valence-electron chi connectivity index (χ1n) is 7.01. The van der Waals surface area contributed by atoms with Gasteiger partial charge in [0.1, 0.15) is 11.3 Å². The zero-order valence-corrected chi connectivity index (χ0v) is 12.4. The van der Waals surface area contributed by atoms with Crippen LogP contribution >= 0.6 is 11.3 Å². The lowest BCUT2D eigenvalue weighted by atomic mass is 9.69. The second-order valence-electron chi connectivity index (χ2n) is 5.50. The molecular formula is C15H19NO3S. The molecule has 4 nitrogen and oxygen atoms in total. The third-order valence-electron chi connectivity index (χ3n) is 4.43. The molecule has 20 heavy (non-hydrogen) atoms. The van der Waals surface area contributed by atoms with Gasteiger partial charge in [-0.15, -0.1) is 0 Å². The topological polar surface area (TPSA) is 65.5 Å². The number of benzene rings is 1. The van der Waals surface area contributed by atoms with Gasteiger partial charge in [0.05, 0.1) is 11.8 Å². The Morgan fingerprint density at radius 1 is 1.35 bits per heavy atom. The smallest absolute Gasteiger partial charge is 0.396 e. The van der Waals surface area contributed by atoms with Crippen molar-refractivity contribution >= 4 is 21.6 Å². The van der Waals surface area contributed by atoms with Gasteiger partial charge in [-0.3, -0.25) is 0 Å². The molecular weight excluding hydrogens is 274 g/mol. The highest BCUT2D eigenvalue weighted by Crippen LogP contribution is 2.44. The van der Waals surface area contributed by atoms with Crippen LogP contribution in [0.2, 0.25) is 0 Å². The monoisotopic (exact) mass is 293 g/mol. The summed E-state index contributed by atoms with van der Waals surface area (Å²) in [5.74, 6) is 0.821. The summed E-state index contributed by atoms with van der Waals surface area (Å²) in [4.78, 5) is 11.1. The second-order valence-corrected chi connectivity index (χ2v) is 6.48. The Morgan fingerprint density at radius 2 is 2.10 bits per heavy atom. The molecule has 0 saturated heterocycles. The van der Waals surface area contributed by atoms with Gasteiger partial charge >= 0.3 is 4.94 Å². The van der Waals surface area contributed by atoms with Gasteiger partial charge < -0.3 is 14.9 Å². The summed E-state index contributed by atoms with van der Waals surface area (Å²) in [7, 11) is 1.67. The van der Waals surface area contributed by atoms with E-state index in [0.29, 0.717) is 12.1 Å². The van der Waals surface area contributed by atoms with Crippen molar-refractivity contribution in [2.24, 2.45) is 5.73 Å². The number of nitrogens with two attached hydrogens (primary N) is 1. The first-order valence-corrected chi connectivity index (χ1v) is 7.82. The average Bonchev–Trinajstić information content (AvgIpc) is 2.85. The van der Waals surface area contributed by atoms with Crippen LogP contribution in [-0.4, -0.2) is 13.7 Å². The minimum absolute atomic E-state index is 0.0434. The van der Waals surface area contributed by atoms with Gasteiger partial charge in [0.2, 0.25) is 0 Å². The Labute approximate surface area is 121 Å². The van der Waals surface area contributed by atoms with Crippen molar-refractivity contribution in [3.8, 4) is 5.75 Å². The molecule has 1 heterocycles. The molecule has 0 bridgehead atoms. The van der Waals surface area contributed by atoms with Crippen LogP contribution in [0.1, 0.15) is 37.7 Å². The Bertz CT molecular complexity index is 667. The van der Waals surface area contributed by atoms with E-state index in [1.165, 1.54) is 19.3 Å². The van der Waals surface area contributed by atoms with Crippen molar-refractivity contribution < 1.29 is 9.15 Å². The maximum absolute atomic E-state index is 11.4. The molecule has 0 aliphatic heterocycles. The van der Waals surface area contributed by atoms with Gasteiger partial charge in [0.25, 0.3) is 0 Å². The molecule has 0 radical (unpaired) electrons. The van der Waals surface area contributed by atoms with Crippen LogP contribution in [0.3, 0.4) is 0 Å². The standard InChI is InChI=1S/C15H19NO3S/c1-18-11-8-13-12(19-14(17)20-13)7-10(11)15(9-16)5-3-2-4-6-15/h7-8H,2-6,9,16H2,1H3. The van der Waals surface area contributed by atoms with E-state index in [1.54, 1.807) is 7.11 Å². The van der Waals surface area contributed by atoms with Crippen LogP contribution in [0, 0.1) is 0 Å². The molecule has 1 aromatic carbocycles. The van der Waals surface area contributed by atoms with Crippen molar-refractivity contribution in [3.63, 3.8) is 0 Å². The van der Waals surface area contributed by atoms with E-state index in [4.69, 9.17) is 14.9 Å². The van der Waals surface area contributed by atoms with Crippen LogP contribution in [0.25, 0.3) is 10.3 Å². The fraction of sp³-hybridized carbons (Fsp3) is 0.533. The number of methoxy groups -OCH3 is 1. The maximum atomic E-state index is 11.4. The number of ether oxygens (including phenoxy) is 1. The lowest BCUT2D eigenvalue weighted by Crippen LogP contribution is -2.37. The molecule has 108 valence electrons. The van der Waals surface area contributed by atoms with Crippen LogP contribution in [-0.2, 0) is 5.41 Å². The number of fused-ring (bicyclic) bond motifs is 1. The molecule has 5 heteroatoms. The molecule has 0 atom stereocenters. The zero-order valence-electron chi connectivity index (χ0n) is 11.6. The van der Waals surface area contributed by atoms with Crippen LogP contribution in [0.15, 0.2) is 21.3 Å². The highest BCUT2D eigenvalue weighted by molar-refractivity contribution is 7.16. The predicted molar refractivity (Wildman–Crippen MR) is 80.7 cm³/mol. The van der Waals surface area contributed by atoms with E-state index in [1.807, 2.05) is 12.1 Å². The quantitative estimate of drug-likeness (QED) is 0.944. The van der Waals surface area contributed by atoms with E-state index >= 15 is 0 Å². The molecule has 2 aromatic rings. The largest absolute Gasteiger partial charge is 0.496 e. The summed E-state index contributed by atoms with van der Waals surface area (Å²) >= 11 is 1.11. The summed E-state index contributed by atoms with van der Waals surface area (Å²) < 4.78 is 11.6. The molecule has 3 rings (SSSR count). The minimum Gasteiger partial charge on any atom is -0.496 e. The molecule has 1 aliphatic rings. The van der Waals surface area contributed by atoms with E-state index < -0.39 is 0 Å². The predicted octanol–water partition coefficient (Wildman–Crippen LogP) is 3.02. The summed E-state index contributed by atoms with van der Waals surface area (Å²) in [5.41, 5.74) is 7.80. The van der Waals surface area contributed by atoms with Crippen molar-refractivity contribution in [2.75, 3.05) is 13.7 Å². The molecule has 0 unspecified atom stereocenters. The Balaban J connectivity index is 2.19. The van der Waals surface area contributed by atoms with Gasteiger partial charge in [0.15, 0.2) is 0 Å². The number of hydrogen-bond acceptors (Lipinski definition) is 5. The lowest BCUT2D eigenvalue weighted by Gasteiger charge is -2.37. The van der Waals surface area contributed by atoms with E-state index in [9.17, 15) is 4.79 Å². The summed E-state index contributed by atoms with van der Waals surface area (Å²) in [6.45, 7) is 0.600. The normalized spacial score (nSPS) is 18.3. The van der Waals surface area contributed by atoms with Gasteiger partial charge in [0, 0.05) is 23.6 Å². The van der Waals surface area contributed by atoms with Gasteiger partial charge in [-0.25, -0.2) is 4.79 Å². The van der Waals surface area contributed by atoms with Crippen LogP contribution < -0.4 is 15.4 Å². The van der Waals surface area contributed by atoms with E-state index in [-0.39, 0.29) is 10.4 Å². The van der Waals surface area contributed by atoms with Crippen molar-refractivity contribution in [1.82, 2.24) is 0 Å². The Hall–Kier alpha value is -1.33. The first kappa shape index (κ1) is 13.6.